The lowest BCUT2D eigenvalue weighted by molar-refractivity contribution is 0.0686. The van der Waals surface area contributed by atoms with Crippen LogP contribution in [0, 0.1) is 0 Å². The van der Waals surface area contributed by atoms with Crippen molar-refractivity contribution in [2.24, 2.45) is 12.8 Å². The van der Waals surface area contributed by atoms with Crippen LogP contribution in [0.3, 0.4) is 0 Å². The van der Waals surface area contributed by atoms with Gasteiger partial charge in [0, 0.05) is 32.4 Å². The molecule has 8 heteroatoms. The third kappa shape index (κ3) is 2.65. The molecule has 1 aliphatic heterocycles. The Kier molecular flexibility index (Phi) is 3.66. The Morgan fingerprint density at radius 2 is 2.00 bits per heavy atom. The smallest absolute Gasteiger partial charge is 0.352 e. The molecule has 7 nitrogen and oxygen atoms in total. The van der Waals surface area contributed by atoms with Gasteiger partial charge in [0.15, 0.2) is 0 Å². The summed E-state index contributed by atoms with van der Waals surface area (Å²) in [7, 11) is -2.12. The average Bonchev–Trinajstić information content (AvgIpc) is 2.72. The maximum atomic E-state index is 12.4. The van der Waals surface area contributed by atoms with E-state index in [1.54, 1.807) is 0 Å². The average molecular weight is 287 g/mol. The topological polar surface area (TPSA) is 106 Å². The molecule has 1 aliphatic rings. The zero-order valence-electron chi connectivity index (χ0n) is 10.6. The van der Waals surface area contributed by atoms with E-state index in [4.69, 9.17) is 10.8 Å². The summed E-state index contributed by atoms with van der Waals surface area (Å²) < 4.78 is 27.4. The number of carboxylic acids is 1. The zero-order chi connectivity index (χ0) is 14.2. The van der Waals surface area contributed by atoms with Crippen molar-refractivity contribution in [2.75, 3.05) is 13.1 Å². The van der Waals surface area contributed by atoms with E-state index >= 15 is 0 Å². The maximum Gasteiger partial charge on any atom is 0.352 e. The molecule has 1 aromatic heterocycles. The van der Waals surface area contributed by atoms with Gasteiger partial charge in [0.2, 0.25) is 10.0 Å². The molecular weight excluding hydrogens is 270 g/mol. The largest absolute Gasteiger partial charge is 0.477 e. The fourth-order valence-electron chi connectivity index (χ4n) is 2.15. The van der Waals surface area contributed by atoms with Gasteiger partial charge >= 0.3 is 5.97 Å². The molecule has 0 unspecified atom stereocenters. The lowest BCUT2D eigenvalue weighted by Gasteiger charge is -2.28. The number of hydrogen-bond donors (Lipinski definition) is 2. The van der Waals surface area contributed by atoms with Crippen molar-refractivity contribution < 1.29 is 18.3 Å². The fraction of sp³-hybridized carbons (Fsp3) is 0.545. The van der Waals surface area contributed by atoms with Crippen molar-refractivity contribution in [1.82, 2.24) is 8.87 Å². The maximum absolute atomic E-state index is 12.4. The molecule has 0 radical (unpaired) electrons. The Morgan fingerprint density at radius 3 is 2.47 bits per heavy atom. The first-order valence-corrected chi connectivity index (χ1v) is 7.42. The first kappa shape index (κ1) is 14.0. The number of nitrogens with two attached hydrogens (primary N) is 1. The van der Waals surface area contributed by atoms with Gasteiger partial charge in [-0.2, -0.15) is 4.31 Å². The van der Waals surface area contributed by atoms with Gasteiger partial charge in [-0.15, -0.1) is 0 Å². The number of piperidine rings is 1. The molecule has 0 atom stereocenters. The molecule has 3 N–H and O–H groups in total. The number of aryl methyl sites for hydroxylation is 1. The van der Waals surface area contributed by atoms with Gasteiger partial charge in [0.1, 0.15) is 10.6 Å². The Balaban J connectivity index is 2.29. The standard InChI is InChI=1S/C11H17N3O4S/c1-13-7-9(6-10(13)11(15)16)19(17,18)14-4-2-8(12)3-5-14/h6-8H,2-5,12H2,1H3,(H,15,16). The van der Waals surface area contributed by atoms with Crippen molar-refractivity contribution in [3.05, 3.63) is 18.0 Å². The van der Waals surface area contributed by atoms with Gasteiger partial charge in [-0.3, -0.25) is 0 Å². The van der Waals surface area contributed by atoms with Crippen LogP contribution in [0.2, 0.25) is 0 Å². The van der Waals surface area contributed by atoms with Crippen LogP contribution in [0.5, 0.6) is 0 Å². The van der Waals surface area contributed by atoms with E-state index in [9.17, 15) is 13.2 Å². The zero-order valence-corrected chi connectivity index (χ0v) is 11.4. The summed E-state index contributed by atoms with van der Waals surface area (Å²) in [5, 5.41) is 8.94. The van der Waals surface area contributed by atoms with Crippen molar-refractivity contribution in [3.8, 4) is 0 Å². The minimum atomic E-state index is -3.63. The molecule has 19 heavy (non-hydrogen) atoms. The summed E-state index contributed by atoms with van der Waals surface area (Å²) in [5.41, 5.74) is 5.69. The summed E-state index contributed by atoms with van der Waals surface area (Å²) in [4.78, 5) is 11.0. The second kappa shape index (κ2) is 4.95. The Hall–Kier alpha value is -1.38. The predicted octanol–water partition coefficient (Wildman–Crippen LogP) is -0.165. The highest BCUT2D eigenvalue weighted by atomic mass is 32.2. The molecule has 2 heterocycles. The Morgan fingerprint density at radius 1 is 1.42 bits per heavy atom. The lowest BCUT2D eigenvalue weighted by Crippen LogP contribution is -2.42. The summed E-state index contributed by atoms with van der Waals surface area (Å²) in [6, 6.07) is 1.23. The SMILES string of the molecule is Cn1cc(S(=O)(=O)N2CCC(N)CC2)cc1C(=O)O. The molecule has 0 aliphatic carbocycles. The van der Waals surface area contributed by atoms with E-state index in [1.807, 2.05) is 0 Å². The minimum Gasteiger partial charge on any atom is -0.477 e. The van der Waals surface area contributed by atoms with Gasteiger partial charge in [0.25, 0.3) is 0 Å². The summed E-state index contributed by atoms with van der Waals surface area (Å²) >= 11 is 0. The van der Waals surface area contributed by atoms with Crippen LogP contribution in [0.15, 0.2) is 17.2 Å². The summed E-state index contributed by atoms with van der Waals surface area (Å²) in [6.07, 6.45) is 2.57. The van der Waals surface area contributed by atoms with E-state index in [2.05, 4.69) is 0 Å². The molecule has 0 bridgehead atoms. The molecule has 1 aromatic rings. The number of sulfonamides is 1. The number of hydrogen-bond acceptors (Lipinski definition) is 4. The molecule has 0 amide bonds. The van der Waals surface area contributed by atoms with E-state index in [-0.39, 0.29) is 16.6 Å². The van der Waals surface area contributed by atoms with Gasteiger partial charge in [-0.1, -0.05) is 0 Å². The van der Waals surface area contributed by atoms with Crippen LogP contribution in [-0.4, -0.2) is 47.5 Å². The lowest BCUT2D eigenvalue weighted by atomic mass is 10.1. The number of rotatable bonds is 3. The number of carboxylic acid groups (broad SMARTS) is 1. The Bertz CT molecular complexity index is 585. The molecule has 0 spiro atoms. The number of nitrogens with zero attached hydrogens (tertiary/aromatic N) is 2. The van der Waals surface area contributed by atoms with Crippen LogP contribution >= 0.6 is 0 Å². The van der Waals surface area contributed by atoms with E-state index in [0.29, 0.717) is 25.9 Å². The second-order valence-corrected chi connectivity index (χ2v) is 6.66. The second-order valence-electron chi connectivity index (χ2n) is 4.72. The van der Waals surface area contributed by atoms with Gasteiger partial charge in [-0.05, 0) is 18.9 Å². The van der Waals surface area contributed by atoms with Crippen LogP contribution in [0.25, 0.3) is 0 Å². The number of aromatic nitrogens is 1. The quantitative estimate of drug-likeness (QED) is 0.803. The van der Waals surface area contributed by atoms with E-state index in [1.165, 1.54) is 28.2 Å². The van der Waals surface area contributed by atoms with Crippen LogP contribution in [0.1, 0.15) is 23.3 Å². The molecule has 0 aromatic carbocycles. The molecule has 106 valence electrons. The third-order valence-electron chi connectivity index (χ3n) is 3.34. The highest BCUT2D eigenvalue weighted by molar-refractivity contribution is 7.89. The van der Waals surface area contributed by atoms with Crippen LogP contribution < -0.4 is 5.73 Å². The summed E-state index contributed by atoms with van der Waals surface area (Å²) in [5.74, 6) is -1.15. The molecule has 1 fully saturated rings. The van der Waals surface area contributed by atoms with Gasteiger partial charge < -0.3 is 15.4 Å². The molecule has 1 saturated heterocycles. The molecular formula is C11H17N3O4S. The highest BCUT2D eigenvalue weighted by Crippen LogP contribution is 2.21. The van der Waals surface area contributed by atoms with E-state index < -0.39 is 16.0 Å². The first-order valence-electron chi connectivity index (χ1n) is 5.98. The normalized spacial score (nSPS) is 18.6. The third-order valence-corrected chi connectivity index (χ3v) is 5.20. The number of carbonyl (C=O) groups is 1. The van der Waals surface area contributed by atoms with Crippen molar-refractivity contribution in [2.45, 2.75) is 23.8 Å². The fourth-order valence-corrected chi connectivity index (χ4v) is 3.69. The van der Waals surface area contributed by atoms with Crippen LogP contribution in [-0.2, 0) is 17.1 Å². The van der Waals surface area contributed by atoms with E-state index in [0.717, 1.165) is 0 Å². The Labute approximate surface area is 111 Å². The highest BCUT2D eigenvalue weighted by Gasteiger charge is 2.30. The summed E-state index contributed by atoms with van der Waals surface area (Å²) in [6.45, 7) is 0.752. The molecule has 0 saturated carbocycles. The first-order chi connectivity index (χ1) is 8.82. The van der Waals surface area contributed by atoms with Gasteiger partial charge in [0.05, 0.1) is 0 Å². The predicted molar refractivity (Wildman–Crippen MR) is 68.3 cm³/mol. The number of aromatic carboxylic acids is 1. The monoisotopic (exact) mass is 287 g/mol. The minimum absolute atomic E-state index is 0.0165. The van der Waals surface area contributed by atoms with Gasteiger partial charge in [-0.25, -0.2) is 13.2 Å². The van der Waals surface area contributed by atoms with Crippen molar-refractivity contribution >= 4 is 16.0 Å². The van der Waals surface area contributed by atoms with Crippen molar-refractivity contribution in [1.29, 1.82) is 0 Å². The van der Waals surface area contributed by atoms with Crippen molar-refractivity contribution in [3.63, 3.8) is 0 Å². The van der Waals surface area contributed by atoms with Crippen LogP contribution in [0.4, 0.5) is 0 Å². The molecule has 2 rings (SSSR count).